The molecular formula is C48H30N4O. The summed E-state index contributed by atoms with van der Waals surface area (Å²) in [6.07, 6.45) is 4.44. The molecule has 0 fully saturated rings. The minimum Gasteiger partial charge on any atom is -0.455 e. The van der Waals surface area contributed by atoms with Crippen LogP contribution in [0.25, 0.3) is 99.4 Å². The van der Waals surface area contributed by atoms with Crippen molar-refractivity contribution in [1.29, 1.82) is 0 Å². The van der Waals surface area contributed by atoms with Gasteiger partial charge >= 0.3 is 0 Å². The molecule has 0 atom stereocenters. The van der Waals surface area contributed by atoms with Gasteiger partial charge in [0.05, 0.1) is 38.7 Å². The lowest BCUT2D eigenvalue weighted by Gasteiger charge is -2.21. The summed E-state index contributed by atoms with van der Waals surface area (Å²) in [5.74, 6) is 0.627. The second-order valence-corrected chi connectivity index (χ2v) is 14.0. The summed E-state index contributed by atoms with van der Waals surface area (Å²) in [4.78, 5) is 10.7. The molecule has 12 rings (SSSR count). The fraction of sp³-hybridized carbons (Fsp3) is 0.0417. The zero-order valence-corrected chi connectivity index (χ0v) is 28.6. The van der Waals surface area contributed by atoms with Crippen LogP contribution in [-0.2, 0) is 6.42 Å². The van der Waals surface area contributed by atoms with E-state index < -0.39 is 0 Å². The molecule has 53 heavy (non-hydrogen) atoms. The van der Waals surface area contributed by atoms with Crippen molar-refractivity contribution < 1.29 is 4.42 Å². The number of rotatable bonds is 3. The van der Waals surface area contributed by atoms with Gasteiger partial charge in [-0.15, -0.1) is 0 Å². The van der Waals surface area contributed by atoms with Crippen LogP contribution < -0.4 is 0 Å². The number of hydrogen-bond donors (Lipinski definition) is 0. The number of fused-ring (bicyclic) bond motifs is 13. The molecule has 11 aromatic rings. The summed E-state index contributed by atoms with van der Waals surface area (Å²) >= 11 is 0. The Hall–Kier alpha value is -6.98. The van der Waals surface area contributed by atoms with Crippen LogP contribution >= 0.6 is 0 Å². The summed E-state index contributed by atoms with van der Waals surface area (Å²) in [5.41, 5.74) is 12.9. The topological polar surface area (TPSA) is 48.8 Å². The third-order valence-electron chi connectivity index (χ3n) is 11.2. The molecule has 248 valence electrons. The molecule has 5 heteroatoms. The molecule has 0 amide bonds. The molecule has 1 aliphatic rings. The zero-order chi connectivity index (χ0) is 34.6. The normalized spacial score (nSPS) is 13.2. The number of aromatic nitrogens is 4. The third-order valence-corrected chi connectivity index (χ3v) is 11.2. The Morgan fingerprint density at radius 3 is 2.13 bits per heavy atom. The smallest absolute Gasteiger partial charge is 0.235 e. The van der Waals surface area contributed by atoms with Gasteiger partial charge in [0.25, 0.3) is 0 Å². The Bertz CT molecular complexity index is 3340. The molecule has 0 N–H and O–H groups in total. The highest BCUT2D eigenvalue weighted by molar-refractivity contribution is 6.32. The first-order chi connectivity index (χ1) is 26.3. The number of para-hydroxylation sites is 3. The lowest BCUT2D eigenvalue weighted by Crippen LogP contribution is -2.06. The second kappa shape index (κ2) is 10.8. The maximum absolute atomic E-state index is 6.87. The lowest BCUT2D eigenvalue weighted by molar-refractivity contribution is 0.673. The molecule has 0 unspecified atom stereocenters. The Balaban J connectivity index is 1.30. The van der Waals surface area contributed by atoms with E-state index in [4.69, 9.17) is 14.4 Å². The van der Waals surface area contributed by atoms with Gasteiger partial charge in [0, 0.05) is 49.1 Å². The number of hydrogen-bond acceptors (Lipinski definition) is 3. The van der Waals surface area contributed by atoms with Crippen LogP contribution in [0, 0.1) is 0 Å². The Morgan fingerprint density at radius 2 is 1.23 bits per heavy atom. The van der Waals surface area contributed by atoms with Gasteiger partial charge in [-0.2, -0.15) is 0 Å². The van der Waals surface area contributed by atoms with Crippen LogP contribution in [-0.4, -0.2) is 19.1 Å². The van der Waals surface area contributed by atoms with Gasteiger partial charge in [-0.05, 0) is 54.8 Å². The summed E-state index contributed by atoms with van der Waals surface area (Å²) in [5, 5.41) is 7.83. The van der Waals surface area contributed by atoms with Gasteiger partial charge in [-0.25, -0.2) is 9.97 Å². The van der Waals surface area contributed by atoms with Crippen LogP contribution in [0.15, 0.2) is 162 Å². The van der Waals surface area contributed by atoms with Crippen molar-refractivity contribution in [1.82, 2.24) is 19.1 Å². The number of nitrogens with zero attached hydrogens (tertiary/aromatic N) is 4. The molecule has 0 radical (unpaired) electrons. The minimum atomic E-state index is 0.627. The van der Waals surface area contributed by atoms with Crippen molar-refractivity contribution in [3.63, 3.8) is 0 Å². The number of allylic oxidation sites excluding steroid dienone is 1. The van der Waals surface area contributed by atoms with Crippen LogP contribution in [0.3, 0.4) is 0 Å². The molecule has 4 aromatic heterocycles. The van der Waals surface area contributed by atoms with Gasteiger partial charge in [-0.1, -0.05) is 121 Å². The van der Waals surface area contributed by atoms with E-state index in [0.29, 0.717) is 5.95 Å². The van der Waals surface area contributed by atoms with E-state index in [0.717, 1.165) is 84.3 Å². The maximum atomic E-state index is 6.87. The van der Waals surface area contributed by atoms with E-state index in [9.17, 15) is 0 Å². The van der Waals surface area contributed by atoms with Crippen molar-refractivity contribution in [3.8, 4) is 17.2 Å². The average Bonchev–Trinajstić information content (AvgIpc) is 3.88. The van der Waals surface area contributed by atoms with E-state index >= 15 is 0 Å². The number of benzene rings is 7. The first-order valence-electron chi connectivity index (χ1n) is 18.2. The quantitative estimate of drug-likeness (QED) is 0.187. The molecule has 0 aliphatic heterocycles. The molecule has 7 aromatic carbocycles. The van der Waals surface area contributed by atoms with E-state index in [-0.39, 0.29) is 0 Å². The highest BCUT2D eigenvalue weighted by Crippen LogP contribution is 2.46. The highest BCUT2D eigenvalue weighted by atomic mass is 16.3. The Labute approximate surface area is 303 Å². The minimum absolute atomic E-state index is 0.627. The van der Waals surface area contributed by atoms with Crippen LogP contribution in [0.2, 0.25) is 0 Å². The highest BCUT2D eigenvalue weighted by Gasteiger charge is 2.27. The SMILES string of the molecule is C1=C(n2c3ccccc3c3ccc4c(c5c6oc7ccccc7c6ccc5n4-c4nc(-c5ccccc5)c5ccccc5n4)c32)c2ccccc2CC1. The van der Waals surface area contributed by atoms with Crippen molar-refractivity contribution >= 4 is 82.2 Å². The Kier molecular flexibility index (Phi) is 5.83. The van der Waals surface area contributed by atoms with Gasteiger partial charge in [0.2, 0.25) is 5.95 Å². The molecule has 5 nitrogen and oxygen atoms in total. The van der Waals surface area contributed by atoms with Crippen molar-refractivity contribution in [3.05, 3.63) is 169 Å². The predicted molar refractivity (Wildman–Crippen MR) is 218 cm³/mol. The van der Waals surface area contributed by atoms with Crippen molar-refractivity contribution in [2.45, 2.75) is 12.8 Å². The van der Waals surface area contributed by atoms with Gasteiger partial charge < -0.3 is 8.98 Å². The van der Waals surface area contributed by atoms with Crippen LogP contribution in [0.4, 0.5) is 0 Å². The summed E-state index contributed by atoms with van der Waals surface area (Å²) in [7, 11) is 0. The van der Waals surface area contributed by atoms with Crippen LogP contribution in [0.1, 0.15) is 17.5 Å². The largest absolute Gasteiger partial charge is 0.455 e. The second-order valence-electron chi connectivity index (χ2n) is 14.0. The summed E-state index contributed by atoms with van der Waals surface area (Å²) in [6, 6.07) is 53.7. The molecule has 0 bridgehead atoms. The average molecular weight is 679 g/mol. The number of aryl methyl sites for hydroxylation is 1. The maximum Gasteiger partial charge on any atom is 0.235 e. The first kappa shape index (κ1) is 28.7. The fourth-order valence-corrected chi connectivity index (χ4v) is 8.94. The zero-order valence-electron chi connectivity index (χ0n) is 28.6. The fourth-order valence-electron chi connectivity index (χ4n) is 8.94. The first-order valence-corrected chi connectivity index (χ1v) is 18.2. The molecule has 1 aliphatic carbocycles. The molecule has 0 spiro atoms. The predicted octanol–water partition coefficient (Wildman–Crippen LogP) is 12.2. The number of furan rings is 1. The molecule has 0 saturated carbocycles. The third kappa shape index (κ3) is 3.96. The van der Waals surface area contributed by atoms with E-state index in [1.54, 1.807) is 0 Å². The van der Waals surface area contributed by atoms with E-state index in [1.807, 2.05) is 12.1 Å². The Morgan fingerprint density at radius 1 is 0.509 bits per heavy atom. The van der Waals surface area contributed by atoms with Crippen molar-refractivity contribution in [2.24, 2.45) is 0 Å². The monoisotopic (exact) mass is 678 g/mol. The lowest BCUT2D eigenvalue weighted by atomic mass is 9.94. The van der Waals surface area contributed by atoms with Crippen LogP contribution in [0.5, 0.6) is 0 Å². The summed E-state index contributed by atoms with van der Waals surface area (Å²) < 4.78 is 11.6. The molecular weight excluding hydrogens is 649 g/mol. The van der Waals surface area contributed by atoms with Gasteiger partial charge in [-0.3, -0.25) is 4.57 Å². The molecule has 0 saturated heterocycles. The van der Waals surface area contributed by atoms with Gasteiger partial charge in [0.1, 0.15) is 11.2 Å². The van der Waals surface area contributed by atoms with Gasteiger partial charge in [0.15, 0.2) is 0 Å². The van der Waals surface area contributed by atoms with E-state index in [1.165, 1.54) is 33.1 Å². The van der Waals surface area contributed by atoms with Crippen molar-refractivity contribution in [2.75, 3.05) is 0 Å². The van der Waals surface area contributed by atoms with E-state index in [2.05, 4.69) is 155 Å². The standard InChI is InChI=1S/C48H30N4O/c1-2-14-30(15-3-1)45-36-20-6-9-21-37(36)49-48(50-45)52-40-27-25-34-32-18-7-10-22-39(32)51(38-23-12-16-29-13-4-5-17-31(29)38)46(34)43(40)44-41(52)28-26-35-33-19-8-11-24-42(33)53-47(35)44/h1-11,13-15,17-28H,12,16H2. The molecule has 4 heterocycles. The summed E-state index contributed by atoms with van der Waals surface area (Å²) in [6.45, 7) is 0.